The molecule has 4 heteroatoms. The molecular weight excluding hydrogens is 218 g/mol. The first-order chi connectivity index (χ1) is 8.24. The zero-order valence-electron chi connectivity index (χ0n) is 10.2. The van der Waals surface area contributed by atoms with Crippen LogP contribution in [-0.2, 0) is 6.54 Å². The summed E-state index contributed by atoms with van der Waals surface area (Å²) in [4.78, 5) is 0. The highest BCUT2D eigenvalue weighted by atomic mass is 16.7. The predicted molar refractivity (Wildman–Crippen MR) is 65.6 cm³/mol. The largest absolute Gasteiger partial charge is 0.486 e. The average molecular weight is 235 g/mol. The molecule has 0 fully saturated rings. The zero-order valence-corrected chi connectivity index (χ0v) is 10.2. The Labute approximate surface area is 101 Å². The molecule has 0 aromatic heterocycles. The molecule has 1 aromatic rings. The van der Waals surface area contributed by atoms with Gasteiger partial charge in [-0.25, -0.2) is 0 Å². The van der Waals surface area contributed by atoms with Crippen LogP contribution in [0.5, 0.6) is 17.2 Å². The standard InChI is InChI=1S/C13H17NO3/c1-4-9(2)17-11-6-13-12(15-8-16-13)5-10(11)7-14-3/h4-6,9,14H,1,7-8H2,2-3H3. The molecule has 4 nitrogen and oxygen atoms in total. The highest BCUT2D eigenvalue weighted by Gasteiger charge is 2.18. The Kier molecular flexibility index (Phi) is 3.54. The summed E-state index contributed by atoms with van der Waals surface area (Å²) in [5.74, 6) is 2.31. The SMILES string of the molecule is C=CC(C)Oc1cc2c(cc1CNC)OCO2. The number of rotatable bonds is 5. The Morgan fingerprint density at radius 2 is 2.18 bits per heavy atom. The van der Waals surface area contributed by atoms with Gasteiger partial charge >= 0.3 is 0 Å². The van der Waals surface area contributed by atoms with E-state index >= 15 is 0 Å². The van der Waals surface area contributed by atoms with Crippen LogP contribution in [0.25, 0.3) is 0 Å². The van der Waals surface area contributed by atoms with Gasteiger partial charge in [0.15, 0.2) is 11.5 Å². The topological polar surface area (TPSA) is 39.7 Å². The summed E-state index contributed by atoms with van der Waals surface area (Å²) < 4.78 is 16.5. The summed E-state index contributed by atoms with van der Waals surface area (Å²) in [6, 6.07) is 3.82. The molecule has 92 valence electrons. The van der Waals surface area contributed by atoms with E-state index in [-0.39, 0.29) is 12.9 Å². The first-order valence-corrected chi connectivity index (χ1v) is 5.61. The lowest BCUT2D eigenvalue weighted by Gasteiger charge is -2.15. The van der Waals surface area contributed by atoms with E-state index in [1.807, 2.05) is 26.1 Å². The number of hydrogen-bond acceptors (Lipinski definition) is 4. The van der Waals surface area contributed by atoms with E-state index in [1.165, 1.54) is 0 Å². The molecule has 17 heavy (non-hydrogen) atoms. The van der Waals surface area contributed by atoms with Crippen molar-refractivity contribution >= 4 is 0 Å². The number of nitrogens with one attached hydrogen (secondary N) is 1. The average Bonchev–Trinajstić information content (AvgIpc) is 2.76. The molecule has 0 bridgehead atoms. The van der Waals surface area contributed by atoms with Gasteiger partial charge in [-0.1, -0.05) is 12.7 Å². The van der Waals surface area contributed by atoms with Gasteiger partial charge in [0, 0.05) is 18.2 Å². The smallest absolute Gasteiger partial charge is 0.231 e. The van der Waals surface area contributed by atoms with Crippen molar-refractivity contribution in [1.29, 1.82) is 0 Å². The first-order valence-electron chi connectivity index (χ1n) is 5.61. The fraction of sp³-hybridized carbons (Fsp3) is 0.385. The van der Waals surface area contributed by atoms with Gasteiger partial charge in [0.05, 0.1) is 0 Å². The highest BCUT2D eigenvalue weighted by Crippen LogP contribution is 2.38. The molecule has 0 saturated carbocycles. The second-order valence-corrected chi connectivity index (χ2v) is 3.90. The zero-order chi connectivity index (χ0) is 12.3. The van der Waals surface area contributed by atoms with Crippen LogP contribution in [-0.4, -0.2) is 19.9 Å². The Morgan fingerprint density at radius 1 is 1.47 bits per heavy atom. The van der Waals surface area contributed by atoms with Crippen molar-refractivity contribution < 1.29 is 14.2 Å². The first kappa shape index (κ1) is 11.8. The molecule has 1 aliphatic rings. The van der Waals surface area contributed by atoms with Gasteiger partial charge in [-0.05, 0) is 20.0 Å². The Morgan fingerprint density at radius 3 is 2.82 bits per heavy atom. The summed E-state index contributed by atoms with van der Waals surface area (Å²) in [5.41, 5.74) is 1.05. The number of hydrogen-bond donors (Lipinski definition) is 1. The van der Waals surface area contributed by atoms with Crippen LogP contribution < -0.4 is 19.5 Å². The number of ether oxygens (including phenoxy) is 3. The van der Waals surface area contributed by atoms with Gasteiger partial charge in [0.2, 0.25) is 6.79 Å². The molecule has 1 atom stereocenters. The van der Waals surface area contributed by atoms with Crippen molar-refractivity contribution in [2.45, 2.75) is 19.6 Å². The van der Waals surface area contributed by atoms with Crippen LogP contribution in [0.4, 0.5) is 0 Å². The van der Waals surface area contributed by atoms with Gasteiger partial charge in [-0.3, -0.25) is 0 Å². The van der Waals surface area contributed by atoms with Gasteiger partial charge < -0.3 is 19.5 Å². The van der Waals surface area contributed by atoms with Crippen LogP contribution in [0, 0.1) is 0 Å². The molecule has 1 unspecified atom stereocenters. The van der Waals surface area contributed by atoms with Gasteiger partial charge in [-0.15, -0.1) is 0 Å². The maximum absolute atomic E-state index is 5.78. The fourth-order valence-electron chi connectivity index (χ4n) is 1.65. The van der Waals surface area contributed by atoms with Crippen LogP contribution in [0.2, 0.25) is 0 Å². The lowest BCUT2D eigenvalue weighted by Crippen LogP contribution is -2.12. The Balaban J connectivity index is 2.30. The monoisotopic (exact) mass is 235 g/mol. The van der Waals surface area contributed by atoms with Crippen LogP contribution in [0.3, 0.4) is 0 Å². The molecular formula is C13H17NO3. The Hall–Kier alpha value is -1.68. The molecule has 0 saturated heterocycles. The van der Waals surface area contributed by atoms with E-state index in [9.17, 15) is 0 Å². The maximum Gasteiger partial charge on any atom is 0.231 e. The van der Waals surface area contributed by atoms with Gasteiger partial charge in [0.25, 0.3) is 0 Å². The van der Waals surface area contributed by atoms with E-state index in [2.05, 4.69) is 11.9 Å². The third kappa shape index (κ3) is 2.53. The molecule has 0 spiro atoms. The maximum atomic E-state index is 5.78. The second kappa shape index (κ2) is 5.10. The minimum absolute atomic E-state index is 0.0361. The molecule has 1 aromatic carbocycles. The molecule has 1 N–H and O–H groups in total. The normalized spacial score (nSPS) is 14.5. The van der Waals surface area contributed by atoms with Crippen molar-refractivity contribution in [2.24, 2.45) is 0 Å². The van der Waals surface area contributed by atoms with Crippen LogP contribution >= 0.6 is 0 Å². The quantitative estimate of drug-likeness (QED) is 0.793. The predicted octanol–water partition coefficient (Wildman–Crippen LogP) is 2.09. The van der Waals surface area contributed by atoms with Gasteiger partial charge in [-0.2, -0.15) is 0 Å². The van der Waals surface area contributed by atoms with E-state index in [1.54, 1.807) is 6.08 Å². The van der Waals surface area contributed by atoms with E-state index in [4.69, 9.17) is 14.2 Å². The lowest BCUT2D eigenvalue weighted by atomic mass is 10.1. The summed E-state index contributed by atoms with van der Waals surface area (Å²) in [6.45, 7) is 6.64. The highest BCUT2D eigenvalue weighted by molar-refractivity contribution is 5.52. The third-order valence-corrected chi connectivity index (χ3v) is 2.57. The molecule has 0 aliphatic carbocycles. The van der Waals surface area contributed by atoms with Crippen molar-refractivity contribution in [3.8, 4) is 17.2 Å². The van der Waals surface area contributed by atoms with Crippen molar-refractivity contribution in [1.82, 2.24) is 5.32 Å². The lowest BCUT2D eigenvalue weighted by molar-refractivity contribution is 0.173. The molecule has 2 rings (SSSR count). The minimum Gasteiger partial charge on any atom is -0.486 e. The van der Waals surface area contributed by atoms with Crippen molar-refractivity contribution in [2.75, 3.05) is 13.8 Å². The van der Waals surface area contributed by atoms with E-state index in [0.29, 0.717) is 0 Å². The molecule has 0 amide bonds. The summed E-state index contributed by atoms with van der Waals surface area (Å²) in [7, 11) is 1.89. The summed E-state index contributed by atoms with van der Waals surface area (Å²) in [5, 5.41) is 3.10. The van der Waals surface area contributed by atoms with E-state index in [0.717, 1.165) is 29.4 Å². The number of benzene rings is 1. The number of fused-ring (bicyclic) bond motifs is 1. The van der Waals surface area contributed by atoms with Gasteiger partial charge in [0.1, 0.15) is 11.9 Å². The fourth-order valence-corrected chi connectivity index (χ4v) is 1.65. The minimum atomic E-state index is -0.0361. The van der Waals surface area contributed by atoms with Crippen LogP contribution in [0.1, 0.15) is 12.5 Å². The summed E-state index contributed by atoms with van der Waals surface area (Å²) >= 11 is 0. The molecule has 1 heterocycles. The Bertz CT molecular complexity index is 417. The molecule has 1 aliphatic heterocycles. The van der Waals surface area contributed by atoms with Crippen molar-refractivity contribution in [3.05, 3.63) is 30.4 Å². The third-order valence-electron chi connectivity index (χ3n) is 2.57. The molecule has 0 radical (unpaired) electrons. The second-order valence-electron chi connectivity index (χ2n) is 3.90. The van der Waals surface area contributed by atoms with Crippen LogP contribution in [0.15, 0.2) is 24.8 Å². The summed E-state index contributed by atoms with van der Waals surface area (Å²) in [6.07, 6.45) is 1.72. The van der Waals surface area contributed by atoms with E-state index < -0.39 is 0 Å². The van der Waals surface area contributed by atoms with Crippen molar-refractivity contribution in [3.63, 3.8) is 0 Å².